The van der Waals surface area contributed by atoms with Crippen molar-refractivity contribution >= 4 is 64.5 Å². The van der Waals surface area contributed by atoms with E-state index in [0.29, 0.717) is 16.0 Å². The average Bonchev–Trinajstić information content (AvgIpc) is 3.30. The predicted molar refractivity (Wildman–Crippen MR) is 164 cm³/mol. The Morgan fingerprint density at radius 3 is 2.05 bits per heavy atom. The first-order valence-electron chi connectivity index (χ1n) is 13.0. The number of nitrogens with one attached hydrogen (secondary N) is 1. The van der Waals surface area contributed by atoms with E-state index in [1.165, 1.54) is 17.5 Å². The van der Waals surface area contributed by atoms with Gasteiger partial charge in [-0.1, -0.05) is 41.9 Å². The minimum Gasteiger partial charge on any atom is -0.438 e. The van der Waals surface area contributed by atoms with Crippen LogP contribution in [0.1, 0.15) is 58.3 Å². The van der Waals surface area contributed by atoms with Gasteiger partial charge in [0.05, 0.1) is 10.8 Å². The van der Waals surface area contributed by atoms with Crippen molar-refractivity contribution in [2.75, 3.05) is 13.6 Å². The van der Waals surface area contributed by atoms with Crippen molar-refractivity contribution in [2.45, 2.75) is 47.2 Å². The number of fused-ring (bicyclic) bond motifs is 1. The van der Waals surface area contributed by atoms with E-state index in [4.69, 9.17) is 30.1 Å². The van der Waals surface area contributed by atoms with Crippen molar-refractivity contribution in [1.29, 1.82) is 0 Å². The van der Waals surface area contributed by atoms with E-state index in [2.05, 4.69) is 5.32 Å². The summed E-state index contributed by atoms with van der Waals surface area (Å²) >= 11 is 7.58. The maximum Gasteiger partial charge on any atom is 0.353 e. The zero-order valence-electron chi connectivity index (χ0n) is 24.3. The molecule has 2 aromatic carbocycles. The van der Waals surface area contributed by atoms with Gasteiger partial charge in [0.1, 0.15) is 0 Å². The van der Waals surface area contributed by atoms with Gasteiger partial charge in [-0.2, -0.15) is 0 Å². The van der Waals surface area contributed by atoms with Crippen LogP contribution in [0.4, 0.5) is 0 Å². The van der Waals surface area contributed by atoms with Crippen LogP contribution in [0.5, 0.6) is 0 Å². The van der Waals surface area contributed by atoms with Crippen LogP contribution in [-0.2, 0) is 37.5 Å². The Balaban J connectivity index is 2.01. The summed E-state index contributed by atoms with van der Waals surface area (Å²) in [5.41, 5.74) is -2.14. The molecule has 0 fully saturated rings. The molecule has 0 saturated heterocycles. The molecule has 1 unspecified atom stereocenters. The normalized spacial score (nSPS) is 13.2. The van der Waals surface area contributed by atoms with E-state index in [1.807, 2.05) is 30.3 Å². The molecule has 1 atom stereocenters. The molecule has 3 rings (SSSR count). The van der Waals surface area contributed by atoms with E-state index in [1.54, 1.807) is 71.2 Å². The molecule has 1 heterocycles. The zero-order valence-corrected chi connectivity index (χ0v) is 26.8. The van der Waals surface area contributed by atoms with E-state index in [0.717, 1.165) is 10.3 Å². The molecule has 9 nitrogen and oxygen atoms in total. The number of hydrogen-bond donors (Lipinski definition) is 1. The molecule has 12 heteroatoms. The van der Waals surface area contributed by atoms with Crippen LogP contribution < -0.4 is 5.32 Å². The second-order valence-electron chi connectivity index (χ2n) is 11.4. The van der Waals surface area contributed by atoms with E-state index < -0.39 is 55.5 Å². The summed E-state index contributed by atoms with van der Waals surface area (Å²) < 4.78 is 36.9. The number of rotatable bonds is 11. The van der Waals surface area contributed by atoms with Crippen LogP contribution in [0.3, 0.4) is 0 Å². The Morgan fingerprint density at radius 2 is 1.50 bits per heavy atom. The largest absolute Gasteiger partial charge is 0.438 e. The molecule has 1 aromatic heterocycles. The lowest BCUT2D eigenvalue weighted by molar-refractivity contribution is -0.162. The Labute approximate surface area is 254 Å². The summed E-state index contributed by atoms with van der Waals surface area (Å²) in [5, 5.41) is 5.28. The molecule has 1 amide bonds. The van der Waals surface area contributed by atoms with E-state index >= 15 is 0 Å². The summed E-state index contributed by atoms with van der Waals surface area (Å²) in [7, 11) is -4.56. The highest BCUT2D eigenvalue weighted by molar-refractivity contribution is 7.55. The molecule has 0 aliphatic rings. The second kappa shape index (κ2) is 14.0. The first-order chi connectivity index (χ1) is 19.6. The molecule has 42 heavy (non-hydrogen) atoms. The second-order valence-corrected chi connectivity index (χ2v) is 14.8. The molecular formula is C30H35ClNO8PS. The lowest BCUT2D eigenvalue weighted by Gasteiger charge is -2.27. The third kappa shape index (κ3) is 8.99. The fourth-order valence-electron chi connectivity index (χ4n) is 3.48. The highest BCUT2D eigenvalue weighted by Gasteiger charge is 2.45. The zero-order chi connectivity index (χ0) is 31.1. The summed E-state index contributed by atoms with van der Waals surface area (Å²) in [6, 6.07) is 14.4. The Bertz CT molecular complexity index is 1450. The van der Waals surface area contributed by atoms with Gasteiger partial charge < -0.3 is 14.8 Å². The Kier molecular flexibility index (Phi) is 11.1. The third-order valence-corrected chi connectivity index (χ3v) is 9.09. The fraction of sp³-hybridized carbons (Fsp3) is 0.367. The van der Waals surface area contributed by atoms with Crippen molar-refractivity contribution in [2.24, 2.45) is 10.8 Å². The Morgan fingerprint density at radius 1 is 0.929 bits per heavy atom. The van der Waals surface area contributed by atoms with Gasteiger partial charge in [0.2, 0.25) is 19.5 Å². The van der Waals surface area contributed by atoms with Gasteiger partial charge in [-0.3, -0.25) is 28.0 Å². The molecular weight excluding hydrogens is 601 g/mol. The van der Waals surface area contributed by atoms with Crippen LogP contribution >= 0.6 is 30.5 Å². The predicted octanol–water partition coefficient (Wildman–Crippen LogP) is 7.70. The van der Waals surface area contributed by atoms with Crippen LogP contribution in [0.2, 0.25) is 5.02 Å². The molecule has 0 aliphatic heterocycles. The number of benzene rings is 2. The Hall–Kier alpha value is -3.01. The van der Waals surface area contributed by atoms with Crippen molar-refractivity contribution in [3.05, 3.63) is 76.3 Å². The lowest BCUT2D eigenvalue weighted by Crippen LogP contribution is -2.29. The molecule has 226 valence electrons. The highest BCUT2D eigenvalue weighted by Crippen LogP contribution is 2.62. The van der Waals surface area contributed by atoms with Crippen molar-refractivity contribution in [3.63, 3.8) is 0 Å². The maximum absolute atomic E-state index is 14.5. The SMILES string of the molecule is CC(C)(C)C(=O)OCOP(=O)(OCOC(=O)C(C)(C)C)C(C(=O)N/C=C/c1ccccc1)c1csc2ccc(Cl)cc12. The topological polar surface area (TPSA) is 117 Å². The molecule has 0 spiro atoms. The number of halogens is 1. The number of amides is 1. The third-order valence-electron chi connectivity index (χ3n) is 5.80. The van der Waals surface area contributed by atoms with Gasteiger partial charge in [-0.05, 0) is 87.7 Å². The van der Waals surface area contributed by atoms with Gasteiger partial charge in [0.25, 0.3) is 0 Å². The number of thiophene rings is 1. The van der Waals surface area contributed by atoms with E-state index in [-0.39, 0.29) is 0 Å². The molecule has 0 saturated carbocycles. The summed E-state index contributed by atoms with van der Waals surface area (Å²) in [6.45, 7) is 8.34. The van der Waals surface area contributed by atoms with Crippen LogP contribution in [-0.4, -0.2) is 31.4 Å². The molecule has 1 N–H and O–H groups in total. The summed E-state index contributed by atoms with van der Waals surface area (Å²) in [4.78, 5) is 38.5. The van der Waals surface area contributed by atoms with Crippen molar-refractivity contribution in [3.8, 4) is 0 Å². The maximum atomic E-state index is 14.5. The van der Waals surface area contributed by atoms with Gasteiger partial charge in [0, 0.05) is 15.9 Å². The molecule has 3 aromatic rings. The number of carbonyl (C=O) groups excluding carboxylic acids is 3. The van der Waals surface area contributed by atoms with Crippen molar-refractivity contribution < 1.29 is 37.5 Å². The number of ether oxygens (including phenoxy) is 2. The highest BCUT2D eigenvalue weighted by atomic mass is 35.5. The number of hydrogen-bond acceptors (Lipinski definition) is 9. The van der Waals surface area contributed by atoms with E-state index in [9.17, 15) is 18.9 Å². The van der Waals surface area contributed by atoms with Crippen LogP contribution in [0, 0.1) is 10.8 Å². The lowest BCUT2D eigenvalue weighted by atomic mass is 9.98. The quantitative estimate of drug-likeness (QED) is 0.129. The number of esters is 2. The smallest absolute Gasteiger partial charge is 0.353 e. The van der Waals surface area contributed by atoms with Crippen LogP contribution in [0.25, 0.3) is 16.2 Å². The van der Waals surface area contributed by atoms with Crippen molar-refractivity contribution in [1.82, 2.24) is 5.32 Å². The standard InChI is InChI=1S/C30H35ClNO8PS/c1-29(2,3)27(34)37-18-39-41(36,40-19-38-28(35)30(4,5)6)25(23-17-42-24-13-12-21(31)16-22(23)24)26(33)32-15-14-20-10-8-7-9-11-20/h7-17,25H,18-19H2,1-6H3,(H,32,33)/b15-14+. The first-order valence-corrected chi connectivity index (χ1v) is 15.9. The molecule has 0 bridgehead atoms. The average molecular weight is 636 g/mol. The summed E-state index contributed by atoms with van der Waals surface area (Å²) in [6.07, 6.45) is 3.08. The van der Waals surface area contributed by atoms with Gasteiger partial charge in [-0.15, -0.1) is 11.3 Å². The minimum absolute atomic E-state index is 0.316. The van der Waals surface area contributed by atoms with Crippen LogP contribution in [0.15, 0.2) is 60.1 Å². The fourth-order valence-corrected chi connectivity index (χ4v) is 6.41. The number of carbonyl (C=O) groups is 3. The minimum atomic E-state index is -4.56. The summed E-state index contributed by atoms with van der Waals surface area (Å²) in [5.74, 6) is -1.96. The van der Waals surface area contributed by atoms with Gasteiger partial charge in [-0.25, -0.2) is 0 Å². The monoisotopic (exact) mass is 635 g/mol. The van der Waals surface area contributed by atoms with Gasteiger partial charge in [0.15, 0.2) is 5.66 Å². The van der Waals surface area contributed by atoms with Gasteiger partial charge >= 0.3 is 19.5 Å². The molecule has 0 aliphatic carbocycles. The molecule has 0 radical (unpaired) electrons. The first kappa shape index (κ1) is 33.5.